The smallest absolute Gasteiger partial charge is 0.122 e. The van der Waals surface area contributed by atoms with E-state index in [4.69, 9.17) is 14.9 Å². The van der Waals surface area contributed by atoms with Gasteiger partial charge >= 0.3 is 0 Å². The van der Waals surface area contributed by atoms with Crippen molar-refractivity contribution in [3.05, 3.63) is 23.7 Å². The molecule has 90 valence electrons. The zero-order valence-corrected chi connectivity index (χ0v) is 9.65. The summed E-state index contributed by atoms with van der Waals surface area (Å²) >= 11 is 0. The van der Waals surface area contributed by atoms with E-state index in [0.29, 0.717) is 13.2 Å². The number of hydrogen-bond acceptors (Lipinski definition) is 4. The topological polar surface area (TPSA) is 51.6 Å². The molecule has 0 atom stereocenters. The summed E-state index contributed by atoms with van der Waals surface area (Å²) in [6.07, 6.45) is 4.33. The van der Waals surface area contributed by atoms with E-state index in [1.165, 1.54) is 25.9 Å². The Bertz CT molecular complexity index is 306. The summed E-state index contributed by atoms with van der Waals surface area (Å²) in [6, 6.07) is 1.93. The lowest BCUT2D eigenvalue weighted by Gasteiger charge is -2.14. The van der Waals surface area contributed by atoms with Gasteiger partial charge in [0.15, 0.2) is 0 Å². The molecule has 0 unspecified atom stereocenters. The quantitative estimate of drug-likeness (QED) is 0.741. The minimum Gasteiger partial charge on any atom is -0.468 e. The van der Waals surface area contributed by atoms with Gasteiger partial charge in [-0.3, -0.25) is 0 Å². The molecule has 4 heteroatoms. The predicted molar refractivity (Wildman–Crippen MR) is 61.9 cm³/mol. The van der Waals surface area contributed by atoms with E-state index in [1.54, 1.807) is 6.26 Å². The number of nitrogens with two attached hydrogens (primary N) is 1. The van der Waals surface area contributed by atoms with Crippen molar-refractivity contribution < 1.29 is 9.15 Å². The van der Waals surface area contributed by atoms with Gasteiger partial charge in [-0.05, 0) is 32.0 Å². The lowest BCUT2D eigenvalue weighted by Crippen LogP contribution is -2.23. The molecule has 0 amide bonds. The Balaban J connectivity index is 1.64. The largest absolute Gasteiger partial charge is 0.468 e. The van der Waals surface area contributed by atoms with Crippen LogP contribution in [0.2, 0.25) is 0 Å². The Morgan fingerprint density at radius 2 is 2.19 bits per heavy atom. The molecule has 0 aromatic carbocycles. The average Bonchev–Trinajstić information content (AvgIpc) is 2.95. The molecule has 1 fully saturated rings. The molecule has 0 aliphatic carbocycles. The third kappa shape index (κ3) is 3.07. The Kier molecular flexibility index (Phi) is 4.39. The van der Waals surface area contributed by atoms with Gasteiger partial charge in [-0.2, -0.15) is 0 Å². The maximum Gasteiger partial charge on any atom is 0.122 e. The predicted octanol–water partition coefficient (Wildman–Crippen LogP) is 1.35. The van der Waals surface area contributed by atoms with Gasteiger partial charge in [-0.25, -0.2) is 0 Å². The second-order valence-electron chi connectivity index (χ2n) is 4.17. The Labute approximate surface area is 96.4 Å². The van der Waals surface area contributed by atoms with Crippen molar-refractivity contribution in [3.8, 4) is 0 Å². The lowest BCUT2D eigenvalue weighted by molar-refractivity contribution is 0.0983. The van der Waals surface area contributed by atoms with Crippen molar-refractivity contribution in [1.82, 2.24) is 4.90 Å². The van der Waals surface area contributed by atoms with Crippen molar-refractivity contribution in [2.45, 2.75) is 26.0 Å². The zero-order valence-electron chi connectivity index (χ0n) is 9.65. The van der Waals surface area contributed by atoms with Crippen molar-refractivity contribution in [2.24, 2.45) is 5.73 Å². The van der Waals surface area contributed by atoms with Crippen LogP contribution in [0.4, 0.5) is 0 Å². The standard InChI is InChI=1S/C12H20N2O2/c13-9-12-11(3-7-16-12)10-15-8-6-14-4-1-2-5-14/h3,7H,1-2,4-6,8-10,13H2. The van der Waals surface area contributed by atoms with Crippen molar-refractivity contribution in [3.63, 3.8) is 0 Å². The third-order valence-corrected chi connectivity index (χ3v) is 3.03. The highest BCUT2D eigenvalue weighted by molar-refractivity contribution is 5.15. The summed E-state index contributed by atoms with van der Waals surface area (Å²) in [5, 5.41) is 0. The monoisotopic (exact) mass is 224 g/mol. The zero-order chi connectivity index (χ0) is 11.2. The lowest BCUT2D eigenvalue weighted by atomic mass is 10.2. The molecule has 1 aromatic rings. The number of rotatable bonds is 6. The molecule has 1 aliphatic heterocycles. The minimum absolute atomic E-state index is 0.442. The summed E-state index contributed by atoms with van der Waals surface area (Å²) < 4.78 is 10.9. The maximum absolute atomic E-state index is 5.63. The summed E-state index contributed by atoms with van der Waals surface area (Å²) in [7, 11) is 0. The van der Waals surface area contributed by atoms with Gasteiger partial charge in [-0.15, -0.1) is 0 Å². The Hall–Kier alpha value is -0.840. The molecule has 4 nitrogen and oxygen atoms in total. The van der Waals surface area contributed by atoms with Gasteiger partial charge in [0.1, 0.15) is 5.76 Å². The van der Waals surface area contributed by atoms with Gasteiger partial charge in [0.05, 0.1) is 26.0 Å². The van der Waals surface area contributed by atoms with Crippen LogP contribution in [-0.2, 0) is 17.9 Å². The van der Waals surface area contributed by atoms with Gasteiger partial charge in [0, 0.05) is 12.1 Å². The molecule has 16 heavy (non-hydrogen) atoms. The van der Waals surface area contributed by atoms with Gasteiger partial charge in [0.2, 0.25) is 0 Å². The highest BCUT2D eigenvalue weighted by Crippen LogP contribution is 2.11. The molecule has 2 rings (SSSR count). The molecule has 2 heterocycles. The number of hydrogen-bond donors (Lipinski definition) is 1. The van der Waals surface area contributed by atoms with Crippen LogP contribution in [0, 0.1) is 0 Å². The number of ether oxygens (including phenoxy) is 1. The van der Waals surface area contributed by atoms with E-state index >= 15 is 0 Å². The second-order valence-corrected chi connectivity index (χ2v) is 4.17. The first-order chi connectivity index (χ1) is 7.90. The molecule has 0 spiro atoms. The molecule has 1 saturated heterocycles. The average molecular weight is 224 g/mol. The summed E-state index contributed by atoms with van der Waals surface area (Å²) in [5.41, 5.74) is 6.61. The van der Waals surface area contributed by atoms with E-state index in [-0.39, 0.29) is 0 Å². The molecular weight excluding hydrogens is 204 g/mol. The molecule has 1 aromatic heterocycles. The maximum atomic E-state index is 5.63. The Morgan fingerprint density at radius 3 is 2.94 bits per heavy atom. The number of nitrogens with zero attached hydrogens (tertiary/aromatic N) is 1. The molecule has 0 bridgehead atoms. The molecular formula is C12H20N2O2. The fraction of sp³-hybridized carbons (Fsp3) is 0.667. The number of furan rings is 1. The summed E-state index contributed by atoms with van der Waals surface area (Å²) in [5.74, 6) is 0.834. The van der Waals surface area contributed by atoms with Crippen LogP contribution < -0.4 is 5.73 Å². The molecule has 0 saturated carbocycles. The van der Waals surface area contributed by atoms with Crippen molar-refractivity contribution >= 4 is 0 Å². The molecule has 1 aliphatic rings. The van der Waals surface area contributed by atoms with Crippen molar-refractivity contribution in [1.29, 1.82) is 0 Å². The van der Waals surface area contributed by atoms with Crippen LogP contribution in [0.3, 0.4) is 0 Å². The van der Waals surface area contributed by atoms with Gasteiger partial charge in [-0.1, -0.05) is 0 Å². The first kappa shape index (κ1) is 11.6. The van der Waals surface area contributed by atoms with E-state index in [1.807, 2.05) is 6.07 Å². The van der Waals surface area contributed by atoms with Gasteiger partial charge < -0.3 is 19.8 Å². The summed E-state index contributed by atoms with van der Waals surface area (Å²) in [6.45, 7) is 5.33. The van der Waals surface area contributed by atoms with Crippen LogP contribution in [-0.4, -0.2) is 31.1 Å². The van der Waals surface area contributed by atoms with Crippen LogP contribution in [0.1, 0.15) is 24.2 Å². The first-order valence-corrected chi connectivity index (χ1v) is 5.95. The van der Waals surface area contributed by atoms with Crippen molar-refractivity contribution in [2.75, 3.05) is 26.2 Å². The van der Waals surface area contributed by atoms with E-state index in [2.05, 4.69) is 4.90 Å². The second kappa shape index (κ2) is 6.03. The van der Waals surface area contributed by atoms with Crippen LogP contribution >= 0.6 is 0 Å². The summed E-state index contributed by atoms with van der Waals surface area (Å²) in [4.78, 5) is 2.44. The van der Waals surface area contributed by atoms with E-state index in [0.717, 1.165) is 24.5 Å². The molecule has 0 radical (unpaired) electrons. The Morgan fingerprint density at radius 1 is 1.38 bits per heavy atom. The molecule has 2 N–H and O–H groups in total. The van der Waals surface area contributed by atoms with E-state index < -0.39 is 0 Å². The van der Waals surface area contributed by atoms with Crippen LogP contribution in [0.25, 0.3) is 0 Å². The van der Waals surface area contributed by atoms with Crippen LogP contribution in [0.15, 0.2) is 16.7 Å². The third-order valence-electron chi connectivity index (χ3n) is 3.03. The first-order valence-electron chi connectivity index (χ1n) is 5.95. The SMILES string of the molecule is NCc1occc1COCCN1CCCC1. The van der Waals surface area contributed by atoms with Gasteiger partial charge in [0.25, 0.3) is 0 Å². The highest BCUT2D eigenvalue weighted by atomic mass is 16.5. The fourth-order valence-electron chi connectivity index (χ4n) is 2.06. The number of likely N-dealkylation sites (tertiary alicyclic amines) is 1. The highest BCUT2D eigenvalue weighted by Gasteiger charge is 2.10. The fourth-order valence-corrected chi connectivity index (χ4v) is 2.06. The van der Waals surface area contributed by atoms with E-state index in [9.17, 15) is 0 Å². The van der Waals surface area contributed by atoms with Crippen LogP contribution in [0.5, 0.6) is 0 Å². The minimum atomic E-state index is 0.442. The normalized spacial score (nSPS) is 17.1.